The number of amides is 1. The molecule has 0 bridgehead atoms. The quantitative estimate of drug-likeness (QED) is 0.715. The van der Waals surface area contributed by atoms with Gasteiger partial charge in [-0.15, -0.1) is 0 Å². The molecule has 0 saturated carbocycles. The van der Waals surface area contributed by atoms with Gasteiger partial charge in [-0.3, -0.25) is 9.48 Å². The molecular weight excluding hydrogens is 222 g/mol. The van der Waals surface area contributed by atoms with Gasteiger partial charge in [0.1, 0.15) is 0 Å². The van der Waals surface area contributed by atoms with Crippen molar-refractivity contribution in [2.24, 2.45) is 7.05 Å². The maximum absolute atomic E-state index is 11.6. The summed E-state index contributed by atoms with van der Waals surface area (Å²) < 4.78 is 6.39. The van der Waals surface area contributed by atoms with Gasteiger partial charge in [-0.1, -0.05) is 0 Å². The number of nitrogens with zero attached hydrogens (tertiary/aromatic N) is 3. The van der Waals surface area contributed by atoms with Crippen molar-refractivity contribution in [2.75, 3.05) is 13.7 Å². The molecule has 1 aromatic rings. The third-order valence-corrected chi connectivity index (χ3v) is 2.44. The SMILES string of the molecule is CC(C)N(C)C(=O)COC(=O)c1cnn(C)c1. The zero-order valence-corrected chi connectivity index (χ0v) is 10.5. The second kappa shape index (κ2) is 5.47. The highest BCUT2D eigenvalue weighted by Gasteiger charge is 2.15. The fourth-order valence-corrected chi connectivity index (χ4v) is 1.13. The minimum Gasteiger partial charge on any atom is -0.452 e. The lowest BCUT2D eigenvalue weighted by atomic mass is 10.3. The Morgan fingerprint density at radius 1 is 1.53 bits per heavy atom. The summed E-state index contributed by atoms with van der Waals surface area (Å²) in [6.45, 7) is 3.53. The molecule has 0 N–H and O–H groups in total. The summed E-state index contributed by atoms with van der Waals surface area (Å²) >= 11 is 0. The van der Waals surface area contributed by atoms with Crippen molar-refractivity contribution < 1.29 is 14.3 Å². The number of esters is 1. The van der Waals surface area contributed by atoms with Gasteiger partial charge in [0.05, 0.1) is 11.8 Å². The first-order chi connectivity index (χ1) is 7.91. The predicted octanol–water partition coefficient (Wildman–Crippen LogP) is 0.444. The third-order valence-electron chi connectivity index (χ3n) is 2.44. The molecule has 1 heterocycles. The van der Waals surface area contributed by atoms with Crippen LogP contribution in [0.1, 0.15) is 24.2 Å². The van der Waals surface area contributed by atoms with E-state index in [2.05, 4.69) is 5.10 Å². The number of ether oxygens (including phenoxy) is 1. The lowest BCUT2D eigenvalue weighted by Gasteiger charge is -2.20. The van der Waals surface area contributed by atoms with Crippen molar-refractivity contribution in [3.63, 3.8) is 0 Å². The van der Waals surface area contributed by atoms with Gasteiger partial charge in [-0.25, -0.2) is 4.79 Å². The van der Waals surface area contributed by atoms with Crippen LogP contribution in [0.25, 0.3) is 0 Å². The normalized spacial score (nSPS) is 10.4. The van der Waals surface area contributed by atoms with Crippen LogP contribution in [-0.4, -0.2) is 46.3 Å². The van der Waals surface area contributed by atoms with Crippen molar-refractivity contribution >= 4 is 11.9 Å². The van der Waals surface area contributed by atoms with E-state index in [4.69, 9.17) is 4.74 Å². The summed E-state index contributed by atoms with van der Waals surface area (Å²) in [7, 11) is 3.37. The van der Waals surface area contributed by atoms with Crippen molar-refractivity contribution in [2.45, 2.75) is 19.9 Å². The maximum Gasteiger partial charge on any atom is 0.341 e. The zero-order chi connectivity index (χ0) is 13.0. The van der Waals surface area contributed by atoms with Crippen LogP contribution in [0.2, 0.25) is 0 Å². The Hall–Kier alpha value is -1.85. The number of carbonyl (C=O) groups excluding carboxylic acids is 2. The van der Waals surface area contributed by atoms with Crippen molar-refractivity contribution in [3.05, 3.63) is 18.0 Å². The van der Waals surface area contributed by atoms with Crippen LogP contribution < -0.4 is 0 Å². The van der Waals surface area contributed by atoms with Crippen molar-refractivity contribution in [3.8, 4) is 0 Å². The minimum atomic E-state index is -0.538. The first-order valence-electron chi connectivity index (χ1n) is 5.33. The van der Waals surface area contributed by atoms with E-state index in [0.29, 0.717) is 5.56 Å². The molecule has 1 aromatic heterocycles. The molecule has 0 aliphatic rings. The molecule has 0 fully saturated rings. The standard InChI is InChI=1S/C11H17N3O3/c1-8(2)14(4)10(15)7-17-11(16)9-5-12-13(3)6-9/h5-6,8H,7H2,1-4H3. The second-order valence-electron chi connectivity index (χ2n) is 4.08. The summed E-state index contributed by atoms with van der Waals surface area (Å²) in [4.78, 5) is 24.6. The Morgan fingerprint density at radius 2 is 2.18 bits per heavy atom. The molecule has 0 aliphatic carbocycles. The molecule has 17 heavy (non-hydrogen) atoms. The number of carbonyl (C=O) groups is 2. The molecule has 0 atom stereocenters. The van der Waals surface area contributed by atoms with Crippen LogP contribution in [0, 0.1) is 0 Å². The average Bonchev–Trinajstić information content (AvgIpc) is 2.71. The van der Waals surface area contributed by atoms with E-state index < -0.39 is 5.97 Å². The van der Waals surface area contributed by atoms with Gasteiger partial charge in [-0.2, -0.15) is 5.10 Å². The largest absolute Gasteiger partial charge is 0.452 e. The third kappa shape index (κ3) is 3.58. The lowest BCUT2D eigenvalue weighted by Crippen LogP contribution is -2.36. The average molecular weight is 239 g/mol. The van der Waals surface area contributed by atoms with E-state index in [0.717, 1.165) is 0 Å². The predicted molar refractivity (Wildman–Crippen MR) is 61.4 cm³/mol. The monoisotopic (exact) mass is 239 g/mol. The van der Waals surface area contributed by atoms with E-state index >= 15 is 0 Å². The van der Waals surface area contributed by atoms with E-state index in [-0.39, 0.29) is 18.6 Å². The zero-order valence-electron chi connectivity index (χ0n) is 10.5. The molecule has 0 radical (unpaired) electrons. The second-order valence-corrected chi connectivity index (χ2v) is 4.08. The van der Waals surface area contributed by atoms with Crippen LogP contribution in [-0.2, 0) is 16.6 Å². The molecule has 0 spiro atoms. The number of likely N-dealkylation sites (N-methyl/N-ethyl adjacent to an activating group) is 1. The summed E-state index contributed by atoms with van der Waals surface area (Å²) in [5.74, 6) is -0.763. The molecule has 0 saturated heterocycles. The van der Waals surface area contributed by atoms with Crippen LogP contribution in [0.5, 0.6) is 0 Å². The molecule has 1 rings (SSSR count). The first kappa shape index (κ1) is 13.2. The lowest BCUT2D eigenvalue weighted by molar-refractivity contribution is -0.134. The first-order valence-corrected chi connectivity index (χ1v) is 5.33. The molecule has 0 aliphatic heterocycles. The van der Waals surface area contributed by atoms with Crippen molar-refractivity contribution in [1.29, 1.82) is 0 Å². The Bertz CT molecular complexity index is 412. The Morgan fingerprint density at radius 3 is 2.65 bits per heavy atom. The topological polar surface area (TPSA) is 64.4 Å². The summed E-state index contributed by atoms with van der Waals surface area (Å²) in [5, 5.41) is 3.85. The smallest absolute Gasteiger partial charge is 0.341 e. The molecule has 6 nitrogen and oxygen atoms in total. The Kier molecular flexibility index (Phi) is 4.25. The Balaban J connectivity index is 2.46. The van der Waals surface area contributed by atoms with Crippen molar-refractivity contribution in [1.82, 2.24) is 14.7 Å². The summed E-state index contributed by atoms with van der Waals surface area (Å²) in [5.41, 5.74) is 0.340. The van der Waals surface area contributed by atoms with Crippen LogP contribution in [0.4, 0.5) is 0 Å². The highest BCUT2D eigenvalue weighted by molar-refractivity contribution is 5.90. The van der Waals surface area contributed by atoms with E-state index in [9.17, 15) is 9.59 Å². The summed E-state index contributed by atoms with van der Waals surface area (Å²) in [6, 6.07) is 0.0830. The highest BCUT2D eigenvalue weighted by atomic mass is 16.5. The van der Waals surface area contributed by atoms with Gasteiger partial charge in [-0.05, 0) is 13.8 Å². The van der Waals surface area contributed by atoms with E-state index in [1.807, 2.05) is 13.8 Å². The number of hydrogen-bond acceptors (Lipinski definition) is 4. The van der Waals surface area contributed by atoms with E-state index in [1.54, 1.807) is 20.3 Å². The minimum absolute atomic E-state index is 0.0830. The molecular formula is C11H17N3O3. The van der Waals surface area contributed by atoms with Crippen LogP contribution in [0.3, 0.4) is 0 Å². The van der Waals surface area contributed by atoms with E-state index in [1.165, 1.54) is 15.8 Å². The number of hydrogen-bond donors (Lipinski definition) is 0. The number of aryl methyl sites for hydroxylation is 1. The molecule has 0 unspecified atom stereocenters. The van der Waals surface area contributed by atoms with Gasteiger partial charge in [0.2, 0.25) is 0 Å². The number of aromatic nitrogens is 2. The van der Waals surface area contributed by atoms with Gasteiger partial charge >= 0.3 is 5.97 Å². The highest BCUT2D eigenvalue weighted by Crippen LogP contribution is 2.01. The molecule has 6 heteroatoms. The fourth-order valence-electron chi connectivity index (χ4n) is 1.13. The molecule has 94 valence electrons. The number of rotatable bonds is 4. The van der Waals surface area contributed by atoms with Crippen LogP contribution in [0.15, 0.2) is 12.4 Å². The van der Waals surface area contributed by atoms with Gasteiger partial charge < -0.3 is 9.64 Å². The molecule has 0 aromatic carbocycles. The molecule has 1 amide bonds. The van der Waals surface area contributed by atoms with Gasteiger partial charge in [0, 0.05) is 26.3 Å². The van der Waals surface area contributed by atoms with Gasteiger partial charge in [0.25, 0.3) is 5.91 Å². The maximum atomic E-state index is 11.6. The Labute approximate surface area is 100 Å². The summed E-state index contributed by atoms with van der Waals surface area (Å²) in [6.07, 6.45) is 2.94. The van der Waals surface area contributed by atoms with Crippen LogP contribution >= 0.6 is 0 Å². The van der Waals surface area contributed by atoms with Gasteiger partial charge in [0.15, 0.2) is 6.61 Å². The fraction of sp³-hybridized carbons (Fsp3) is 0.545.